The van der Waals surface area contributed by atoms with Crippen molar-refractivity contribution in [3.8, 4) is 0 Å². The average molecular weight is 365 g/mol. The summed E-state index contributed by atoms with van der Waals surface area (Å²) < 4.78 is 4.92. The van der Waals surface area contributed by atoms with Crippen LogP contribution in [0.3, 0.4) is 0 Å². The lowest BCUT2D eigenvalue weighted by Crippen LogP contribution is -2.19. The van der Waals surface area contributed by atoms with Gasteiger partial charge in [0.25, 0.3) is 0 Å². The standard InChI is InChI=1S/C24H15NO3/c1-25(2)19-11-10-13-15-7-9-18-22-17(23(26)28-24(18)27)8-6-14(21(15)22)12-4-3-5-16(19)20(12)13/h3-11H,1-2H3. The molecule has 0 amide bonds. The molecule has 0 saturated heterocycles. The predicted octanol–water partition coefficient (Wildman–Crippen LogP) is 5.11. The predicted molar refractivity (Wildman–Crippen MR) is 112 cm³/mol. The van der Waals surface area contributed by atoms with Crippen molar-refractivity contribution in [3.05, 3.63) is 65.7 Å². The number of ether oxygens (including phenoxy) is 1. The quantitative estimate of drug-likeness (QED) is 0.179. The fourth-order valence-electron chi connectivity index (χ4n) is 4.71. The second-order valence-electron chi connectivity index (χ2n) is 7.50. The number of carbonyl (C=O) groups excluding carboxylic acids is 2. The van der Waals surface area contributed by atoms with Crippen LogP contribution in [0.25, 0.3) is 43.1 Å². The van der Waals surface area contributed by atoms with E-state index in [1.165, 1.54) is 10.8 Å². The largest absolute Gasteiger partial charge is 0.386 e. The first-order valence-electron chi connectivity index (χ1n) is 9.16. The Morgan fingerprint density at radius 2 is 1.14 bits per heavy atom. The number of hydrogen-bond donors (Lipinski definition) is 0. The number of benzene rings is 5. The van der Waals surface area contributed by atoms with E-state index in [4.69, 9.17) is 4.74 Å². The van der Waals surface area contributed by atoms with Crippen LogP contribution in [0.2, 0.25) is 0 Å². The molecular weight excluding hydrogens is 350 g/mol. The molecule has 4 heteroatoms. The molecule has 4 nitrogen and oxygen atoms in total. The van der Waals surface area contributed by atoms with Gasteiger partial charge < -0.3 is 9.64 Å². The van der Waals surface area contributed by atoms with Crippen LogP contribution in [-0.2, 0) is 4.74 Å². The zero-order valence-corrected chi connectivity index (χ0v) is 15.4. The van der Waals surface area contributed by atoms with E-state index >= 15 is 0 Å². The molecule has 5 aromatic rings. The molecule has 0 radical (unpaired) electrons. The lowest BCUT2D eigenvalue weighted by atomic mass is 9.85. The molecule has 6 rings (SSSR count). The van der Waals surface area contributed by atoms with Crippen molar-refractivity contribution in [3.63, 3.8) is 0 Å². The highest BCUT2D eigenvalue weighted by atomic mass is 16.6. The monoisotopic (exact) mass is 365 g/mol. The number of anilines is 1. The molecule has 1 aliphatic rings. The highest BCUT2D eigenvalue weighted by molar-refractivity contribution is 6.37. The Kier molecular flexibility index (Phi) is 2.74. The van der Waals surface area contributed by atoms with Crippen LogP contribution < -0.4 is 4.90 Å². The van der Waals surface area contributed by atoms with Gasteiger partial charge in [-0.3, -0.25) is 0 Å². The minimum Gasteiger partial charge on any atom is -0.386 e. The summed E-state index contributed by atoms with van der Waals surface area (Å²) in [6.45, 7) is 0. The molecule has 5 aromatic carbocycles. The Labute approximate surface area is 160 Å². The molecule has 0 aliphatic carbocycles. The second kappa shape index (κ2) is 4.98. The van der Waals surface area contributed by atoms with Gasteiger partial charge >= 0.3 is 11.9 Å². The van der Waals surface area contributed by atoms with Gasteiger partial charge in [-0.1, -0.05) is 36.4 Å². The number of rotatable bonds is 1. The van der Waals surface area contributed by atoms with Gasteiger partial charge in [-0.2, -0.15) is 0 Å². The normalized spacial score (nSPS) is 13.8. The molecule has 0 fully saturated rings. The summed E-state index contributed by atoms with van der Waals surface area (Å²) in [4.78, 5) is 26.8. The first-order chi connectivity index (χ1) is 13.6. The Hall–Kier alpha value is -3.66. The van der Waals surface area contributed by atoms with Gasteiger partial charge in [0.2, 0.25) is 0 Å². The molecule has 0 atom stereocenters. The number of hydrogen-bond acceptors (Lipinski definition) is 4. The second-order valence-corrected chi connectivity index (χ2v) is 7.50. The van der Waals surface area contributed by atoms with E-state index in [0.29, 0.717) is 16.5 Å². The zero-order chi connectivity index (χ0) is 19.2. The van der Waals surface area contributed by atoms with Crippen molar-refractivity contribution in [1.82, 2.24) is 0 Å². The zero-order valence-electron chi connectivity index (χ0n) is 15.4. The third-order valence-corrected chi connectivity index (χ3v) is 5.87. The molecule has 28 heavy (non-hydrogen) atoms. The van der Waals surface area contributed by atoms with Crippen LogP contribution >= 0.6 is 0 Å². The molecule has 0 bridgehead atoms. The van der Waals surface area contributed by atoms with Gasteiger partial charge in [-0.25, -0.2) is 9.59 Å². The lowest BCUT2D eigenvalue weighted by molar-refractivity contribution is 0.0391. The van der Waals surface area contributed by atoms with Crippen LogP contribution in [0.15, 0.2) is 54.6 Å². The molecule has 0 unspecified atom stereocenters. The third kappa shape index (κ3) is 1.70. The Bertz CT molecular complexity index is 1430. The molecule has 0 aromatic heterocycles. The number of esters is 2. The van der Waals surface area contributed by atoms with Crippen molar-refractivity contribution >= 4 is 60.7 Å². The van der Waals surface area contributed by atoms with Gasteiger partial charge in [0, 0.05) is 30.6 Å². The summed E-state index contributed by atoms with van der Waals surface area (Å²) >= 11 is 0. The van der Waals surface area contributed by atoms with Crippen LogP contribution in [-0.4, -0.2) is 26.0 Å². The van der Waals surface area contributed by atoms with E-state index in [2.05, 4.69) is 35.2 Å². The number of carbonyl (C=O) groups is 2. The summed E-state index contributed by atoms with van der Waals surface area (Å²) in [5, 5.41) is 8.40. The molecule has 134 valence electrons. The van der Waals surface area contributed by atoms with E-state index in [0.717, 1.165) is 32.6 Å². The summed E-state index contributed by atoms with van der Waals surface area (Å²) in [7, 11) is 4.09. The van der Waals surface area contributed by atoms with Crippen molar-refractivity contribution < 1.29 is 14.3 Å². The SMILES string of the molecule is CN(C)c1ccc2c3ccc4c5c(ccc(c6cccc1c62)c53)C(=O)OC4=O. The Morgan fingerprint density at radius 3 is 1.79 bits per heavy atom. The molecule has 0 saturated carbocycles. The summed E-state index contributed by atoms with van der Waals surface area (Å²) in [6.07, 6.45) is 0. The first-order valence-corrected chi connectivity index (χ1v) is 9.16. The maximum absolute atomic E-state index is 12.3. The van der Waals surface area contributed by atoms with Crippen LogP contribution in [0.1, 0.15) is 20.7 Å². The van der Waals surface area contributed by atoms with E-state index < -0.39 is 11.9 Å². The highest BCUT2D eigenvalue weighted by Gasteiger charge is 2.29. The topological polar surface area (TPSA) is 46.6 Å². The van der Waals surface area contributed by atoms with Crippen molar-refractivity contribution in [2.75, 3.05) is 19.0 Å². The average Bonchev–Trinajstić information content (AvgIpc) is 2.69. The molecule has 1 heterocycles. The van der Waals surface area contributed by atoms with Gasteiger partial charge in [0.15, 0.2) is 0 Å². The highest BCUT2D eigenvalue weighted by Crippen LogP contribution is 2.44. The van der Waals surface area contributed by atoms with E-state index in [1.807, 2.05) is 26.2 Å². The van der Waals surface area contributed by atoms with Gasteiger partial charge in [0.1, 0.15) is 0 Å². The number of fused-ring (bicyclic) bond motifs is 2. The maximum Gasteiger partial charge on any atom is 0.346 e. The smallest absolute Gasteiger partial charge is 0.346 e. The van der Waals surface area contributed by atoms with Gasteiger partial charge in [-0.05, 0) is 50.5 Å². The summed E-state index contributed by atoms with van der Waals surface area (Å²) in [5.41, 5.74) is 2.07. The molecule has 1 aliphatic heterocycles. The first kappa shape index (κ1) is 15.4. The van der Waals surface area contributed by atoms with Crippen molar-refractivity contribution in [1.29, 1.82) is 0 Å². The Morgan fingerprint density at radius 1 is 0.607 bits per heavy atom. The third-order valence-electron chi connectivity index (χ3n) is 5.87. The minimum atomic E-state index is -0.576. The molecule has 0 spiro atoms. The van der Waals surface area contributed by atoms with Gasteiger partial charge in [-0.15, -0.1) is 0 Å². The van der Waals surface area contributed by atoms with Crippen LogP contribution in [0, 0.1) is 0 Å². The maximum atomic E-state index is 12.3. The van der Waals surface area contributed by atoms with Gasteiger partial charge in [0.05, 0.1) is 11.1 Å². The summed E-state index contributed by atoms with van der Waals surface area (Å²) in [5.74, 6) is -1.15. The van der Waals surface area contributed by atoms with Crippen LogP contribution in [0.5, 0.6) is 0 Å². The van der Waals surface area contributed by atoms with Crippen molar-refractivity contribution in [2.45, 2.75) is 0 Å². The Balaban J connectivity index is 1.95. The number of cyclic esters (lactones) is 2. The van der Waals surface area contributed by atoms with Crippen LogP contribution in [0.4, 0.5) is 5.69 Å². The number of nitrogens with zero attached hydrogens (tertiary/aromatic N) is 1. The van der Waals surface area contributed by atoms with Crippen molar-refractivity contribution in [2.24, 2.45) is 0 Å². The van der Waals surface area contributed by atoms with E-state index in [1.54, 1.807) is 12.1 Å². The van der Waals surface area contributed by atoms with E-state index in [-0.39, 0.29) is 0 Å². The molecule has 0 N–H and O–H groups in total. The fourth-order valence-corrected chi connectivity index (χ4v) is 4.71. The molecular formula is C24H15NO3. The summed E-state index contributed by atoms with van der Waals surface area (Å²) in [6, 6.07) is 18.1. The fraction of sp³-hybridized carbons (Fsp3) is 0.0833. The minimum absolute atomic E-state index is 0.454. The lowest BCUT2D eigenvalue weighted by Gasteiger charge is -2.22. The van der Waals surface area contributed by atoms with E-state index in [9.17, 15) is 9.59 Å².